The van der Waals surface area contributed by atoms with E-state index in [4.69, 9.17) is 9.57 Å². The van der Waals surface area contributed by atoms with Crippen molar-refractivity contribution in [1.82, 2.24) is 5.32 Å². The molecule has 0 aromatic rings. The van der Waals surface area contributed by atoms with Crippen LogP contribution in [0.4, 0.5) is 0 Å². The molecule has 1 atom stereocenters. The molecule has 0 rings (SSSR count). The van der Waals surface area contributed by atoms with Crippen LogP contribution in [0.25, 0.3) is 0 Å². The summed E-state index contributed by atoms with van der Waals surface area (Å²) in [4.78, 5) is 15.4. The maximum atomic E-state index is 10.5. The standard InChI is InChI=1S/C10H20N2O3/c1-4-12-15-7-5-9(2)14-8-6-11-10(3)13/h4,9H,5-8H2,1-3H3,(H,11,13)/b12-4+. The van der Waals surface area contributed by atoms with Gasteiger partial charge < -0.3 is 14.9 Å². The van der Waals surface area contributed by atoms with E-state index in [1.807, 2.05) is 6.92 Å². The smallest absolute Gasteiger partial charge is 0.216 e. The van der Waals surface area contributed by atoms with Crippen molar-refractivity contribution in [3.05, 3.63) is 0 Å². The topological polar surface area (TPSA) is 59.9 Å². The number of hydrogen-bond acceptors (Lipinski definition) is 4. The minimum atomic E-state index is -0.0353. The number of carbonyl (C=O) groups is 1. The third-order valence-electron chi connectivity index (χ3n) is 1.67. The van der Waals surface area contributed by atoms with Crippen LogP contribution in [0.5, 0.6) is 0 Å². The fourth-order valence-corrected chi connectivity index (χ4v) is 0.916. The molecular formula is C10H20N2O3. The summed E-state index contributed by atoms with van der Waals surface area (Å²) in [5.41, 5.74) is 0. The van der Waals surface area contributed by atoms with Crippen LogP contribution in [0.2, 0.25) is 0 Å². The fourth-order valence-electron chi connectivity index (χ4n) is 0.916. The highest BCUT2D eigenvalue weighted by Gasteiger charge is 2.01. The molecule has 88 valence electrons. The van der Waals surface area contributed by atoms with E-state index in [9.17, 15) is 4.79 Å². The van der Waals surface area contributed by atoms with Crippen molar-refractivity contribution >= 4 is 12.1 Å². The molecule has 0 fully saturated rings. The maximum Gasteiger partial charge on any atom is 0.216 e. The molecule has 0 saturated carbocycles. The van der Waals surface area contributed by atoms with Crippen molar-refractivity contribution in [1.29, 1.82) is 0 Å². The second kappa shape index (κ2) is 9.45. The van der Waals surface area contributed by atoms with Crippen molar-refractivity contribution in [3.8, 4) is 0 Å². The van der Waals surface area contributed by atoms with Crippen LogP contribution in [0.3, 0.4) is 0 Å². The molecule has 1 N–H and O–H groups in total. The molecule has 15 heavy (non-hydrogen) atoms. The molecule has 0 aliphatic carbocycles. The fraction of sp³-hybridized carbons (Fsp3) is 0.800. The molecule has 1 unspecified atom stereocenters. The zero-order valence-corrected chi connectivity index (χ0v) is 9.66. The molecule has 5 heteroatoms. The first-order valence-electron chi connectivity index (χ1n) is 5.12. The van der Waals surface area contributed by atoms with Crippen LogP contribution in [-0.2, 0) is 14.4 Å². The number of nitrogens with one attached hydrogen (secondary N) is 1. The zero-order chi connectivity index (χ0) is 11.5. The zero-order valence-electron chi connectivity index (χ0n) is 9.66. The summed E-state index contributed by atoms with van der Waals surface area (Å²) in [5.74, 6) is -0.0353. The van der Waals surface area contributed by atoms with Gasteiger partial charge in [-0.3, -0.25) is 4.79 Å². The van der Waals surface area contributed by atoms with E-state index < -0.39 is 0 Å². The Morgan fingerprint density at radius 3 is 2.87 bits per heavy atom. The lowest BCUT2D eigenvalue weighted by Crippen LogP contribution is -2.26. The summed E-state index contributed by atoms with van der Waals surface area (Å²) in [5, 5.41) is 6.28. The van der Waals surface area contributed by atoms with Gasteiger partial charge in [0.25, 0.3) is 0 Å². The predicted octanol–water partition coefficient (Wildman–Crippen LogP) is 0.940. The average Bonchev–Trinajstić information content (AvgIpc) is 2.19. The quantitative estimate of drug-likeness (QED) is 0.373. The molecule has 0 aromatic carbocycles. The summed E-state index contributed by atoms with van der Waals surface area (Å²) in [6, 6.07) is 0. The van der Waals surface area contributed by atoms with Crippen molar-refractivity contribution in [2.75, 3.05) is 19.8 Å². The Balaban J connectivity index is 3.25. The van der Waals surface area contributed by atoms with E-state index >= 15 is 0 Å². The van der Waals surface area contributed by atoms with Gasteiger partial charge in [0.15, 0.2) is 0 Å². The average molecular weight is 216 g/mol. The third kappa shape index (κ3) is 10.8. The Bertz CT molecular complexity index is 195. The van der Waals surface area contributed by atoms with Gasteiger partial charge in [-0.25, -0.2) is 0 Å². The number of ether oxygens (including phenoxy) is 1. The lowest BCUT2D eigenvalue weighted by molar-refractivity contribution is -0.119. The SMILES string of the molecule is C/C=N/OCCC(C)OCCNC(C)=O. The van der Waals surface area contributed by atoms with Gasteiger partial charge in [-0.2, -0.15) is 0 Å². The van der Waals surface area contributed by atoms with Crippen LogP contribution < -0.4 is 5.32 Å². The van der Waals surface area contributed by atoms with Crippen molar-refractivity contribution in [3.63, 3.8) is 0 Å². The summed E-state index contributed by atoms with van der Waals surface area (Å²) >= 11 is 0. The Morgan fingerprint density at radius 2 is 2.27 bits per heavy atom. The van der Waals surface area contributed by atoms with E-state index in [-0.39, 0.29) is 12.0 Å². The van der Waals surface area contributed by atoms with Gasteiger partial charge in [-0.15, -0.1) is 0 Å². The predicted molar refractivity (Wildman–Crippen MR) is 58.8 cm³/mol. The third-order valence-corrected chi connectivity index (χ3v) is 1.67. The number of oxime groups is 1. The summed E-state index contributed by atoms with van der Waals surface area (Å²) < 4.78 is 5.43. The van der Waals surface area contributed by atoms with Gasteiger partial charge >= 0.3 is 0 Å². The molecule has 1 amide bonds. The largest absolute Gasteiger partial charge is 0.396 e. The molecule has 0 saturated heterocycles. The van der Waals surface area contributed by atoms with Gasteiger partial charge in [0.1, 0.15) is 6.61 Å². The van der Waals surface area contributed by atoms with Gasteiger partial charge in [0.2, 0.25) is 5.91 Å². The Morgan fingerprint density at radius 1 is 1.53 bits per heavy atom. The van der Waals surface area contributed by atoms with E-state index in [0.29, 0.717) is 19.8 Å². The monoisotopic (exact) mass is 216 g/mol. The van der Waals surface area contributed by atoms with E-state index in [1.165, 1.54) is 6.92 Å². The minimum Gasteiger partial charge on any atom is -0.396 e. The second-order valence-electron chi connectivity index (χ2n) is 3.15. The summed E-state index contributed by atoms with van der Waals surface area (Å²) in [6.45, 7) is 6.87. The van der Waals surface area contributed by atoms with Gasteiger partial charge in [-0.05, 0) is 13.8 Å². The van der Waals surface area contributed by atoms with Crippen LogP contribution in [-0.4, -0.2) is 38.0 Å². The molecule has 0 bridgehead atoms. The van der Waals surface area contributed by atoms with E-state index in [0.717, 1.165) is 6.42 Å². The van der Waals surface area contributed by atoms with Crippen LogP contribution in [0.15, 0.2) is 5.16 Å². The highest BCUT2D eigenvalue weighted by Crippen LogP contribution is 1.97. The minimum absolute atomic E-state index is 0.0353. The first-order chi connectivity index (χ1) is 7.16. The number of nitrogens with zero attached hydrogens (tertiary/aromatic N) is 1. The van der Waals surface area contributed by atoms with Crippen LogP contribution in [0, 0.1) is 0 Å². The lowest BCUT2D eigenvalue weighted by atomic mass is 10.3. The Hall–Kier alpha value is -1.10. The lowest BCUT2D eigenvalue weighted by Gasteiger charge is -2.12. The van der Waals surface area contributed by atoms with Crippen molar-refractivity contribution in [2.24, 2.45) is 5.16 Å². The van der Waals surface area contributed by atoms with E-state index in [2.05, 4.69) is 10.5 Å². The van der Waals surface area contributed by atoms with Gasteiger partial charge in [0.05, 0.1) is 12.7 Å². The van der Waals surface area contributed by atoms with Gasteiger partial charge in [0, 0.05) is 26.1 Å². The van der Waals surface area contributed by atoms with E-state index in [1.54, 1.807) is 13.1 Å². The number of amides is 1. The van der Waals surface area contributed by atoms with Crippen LogP contribution in [0.1, 0.15) is 27.2 Å². The summed E-state index contributed by atoms with van der Waals surface area (Å²) in [6.07, 6.45) is 2.51. The Labute approximate surface area is 90.8 Å². The molecule has 0 spiro atoms. The highest BCUT2D eigenvalue weighted by atomic mass is 16.6. The molecule has 5 nitrogen and oxygen atoms in total. The molecule has 0 heterocycles. The summed E-state index contributed by atoms with van der Waals surface area (Å²) in [7, 11) is 0. The Kier molecular flexibility index (Phi) is 8.76. The maximum absolute atomic E-state index is 10.5. The molecule has 0 aromatic heterocycles. The number of rotatable bonds is 8. The number of carbonyl (C=O) groups excluding carboxylic acids is 1. The second-order valence-corrected chi connectivity index (χ2v) is 3.15. The van der Waals surface area contributed by atoms with Crippen molar-refractivity contribution in [2.45, 2.75) is 33.3 Å². The number of hydrogen-bond donors (Lipinski definition) is 1. The van der Waals surface area contributed by atoms with Crippen molar-refractivity contribution < 1.29 is 14.4 Å². The van der Waals surface area contributed by atoms with Crippen LogP contribution >= 0.6 is 0 Å². The first kappa shape index (κ1) is 13.9. The molecule has 0 aliphatic rings. The normalized spacial score (nSPS) is 12.7. The first-order valence-corrected chi connectivity index (χ1v) is 5.12. The molecule has 0 aliphatic heterocycles. The van der Waals surface area contributed by atoms with Gasteiger partial charge in [-0.1, -0.05) is 5.16 Å². The highest BCUT2D eigenvalue weighted by molar-refractivity contribution is 5.72. The molecule has 0 radical (unpaired) electrons. The molecular weight excluding hydrogens is 196 g/mol.